The molecule has 22 heavy (non-hydrogen) atoms. The predicted molar refractivity (Wildman–Crippen MR) is 95.9 cm³/mol. The number of aldehydes is 1. The molecule has 2 aromatic carbocycles. The summed E-state index contributed by atoms with van der Waals surface area (Å²) < 4.78 is 2.02. The van der Waals surface area contributed by atoms with Crippen molar-refractivity contribution in [3.05, 3.63) is 75.2 Å². The molecule has 0 spiro atoms. The standard InChI is InChI=1S/C18H11Br2NO/c19-15-5-1-13(2-6-15)17-9-12(11-22)10-18(21-17)14-3-7-16(20)8-4-14/h1-11H. The number of benzene rings is 2. The molecule has 0 unspecified atom stereocenters. The van der Waals surface area contributed by atoms with E-state index in [-0.39, 0.29) is 0 Å². The fraction of sp³-hybridized carbons (Fsp3) is 0. The number of halogens is 2. The molecule has 1 aromatic heterocycles. The van der Waals surface area contributed by atoms with E-state index >= 15 is 0 Å². The Bertz CT molecular complexity index is 748. The summed E-state index contributed by atoms with van der Waals surface area (Å²) in [7, 11) is 0. The molecule has 3 rings (SSSR count). The maximum atomic E-state index is 11.2. The molecule has 0 radical (unpaired) electrons. The molecular formula is C18H11Br2NO. The number of pyridine rings is 1. The molecular weight excluding hydrogens is 406 g/mol. The van der Waals surface area contributed by atoms with Crippen LogP contribution in [-0.2, 0) is 0 Å². The minimum atomic E-state index is 0.617. The highest BCUT2D eigenvalue weighted by molar-refractivity contribution is 9.10. The molecule has 108 valence electrons. The van der Waals surface area contributed by atoms with Gasteiger partial charge >= 0.3 is 0 Å². The van der Waals surface area contributed by atoms with Gasteiger partial charge in [0.1, 0.15) is 6.29 Å². The highest BCUT2D eigenvalue weighted by atomic mass is 79.9. The summed E-state index contributed by atoms with van der Waals surface area (Å²) in [4.78, 5) is 15.9. The van der Waals surface area contributed by atoms with E-state index < -0.39 is 0 Å². The zero-order chi connectivity index (χ0) is 15.5. The van der Waals surface area contributed by atoms with Crippen LogP contribution in [0.15, 0.2) is 69.6 Å². The number of hydrogen-bond acceptors (Lipinski definition) is 2. The second-order valence-electron chi connectivity index (χ2n) is 4.80. The smallest absolute Gasteiger partial charge is 0.150 e. The molecule has 1 heterocycles. The first-order valence-corrected chi connectivity index (χ1v) is 8.23. The fourth-order valence-corrected chi connectivity index (χ4v) is 2.69. The number of carbonyl (C=O) groups excluding carboxylic acids is 1. The Morgan fingerprint density at radius 2 is 1.14 bits per heavy atom. The molecule has 0 amide bonds. The van der Waals surface area contributed by atoms with Gasteiger partial charge in [-0.25, -0.2) is 4.98 Å². The Balaban J connectivity index is 2.12. The largest absolute Gasteiger partial charge is 0.298 e. The van der Waals surface area contributed by atoms with Crippen molar-refractivity contribution < 1.29 is 4.79 Å². The highest BCUT2D eigenvalue weighted by Gasteiger charge is 2.07. The van der Waals surface area contributed by atoms with Crippen molar-refractivity contribution in [1.82, 2.24) is 4.98 Å². The molecule has 0 aliphatic heterocycles. The van der Waals surface area contributed by atoms with Crippen molar-refractivity contribution in [2.24, 2.45) is 0 Å². The summed E-state index contributed by atoms with van der Waals surface area (Å²) in [5.74, 6) is 0. The summed E-state index contributed by atoms with van der Waals surface area (Å²) in [6.45, 7) is 0. The van der Waals surface area contributed by atoms with Crippen LogP contribution in [0.1, 0.15) is 10.4 Å². The molecule has 0 bridgehead atoms. The Hall–Kier alpha value is -1.78. The van der Waals surface area contributed by atoms with Crippen molar-refractivity contribution in [1.29, 1.82) is 0 Å². The lowest BCUT2D eigenvalue weighted by Gasteiger charge is -2.07. The Morgan fingerprint density at radius 3 is 1.50 bits per heavy atom. The SMILES string of the molecule is O=Cc1cc(-c2ccc(Br)cc2)nc(-c2ccc(Br)cc2)c1. The van der Waals surface area contributed by atoms with E-state index in [4.69, 9.17) is 4.98 Å². The average molecular weight is 417 g/mol. The predicted octanol–water partition coefficient (Wildman–Crippen LogP) is 5.75. The molecule has 2 nitrogen and oxygen atoms in total. The van der Waals surface area contributed by atoms with Gasteiger partial charge < -0.3 is 0 Å². The molecule has 4 heteroatoms. The minimum Gasteiger partial charge on any atom is -0.298 e. The van der Waals surface area contributed by atoms with Crippen molar-refractivity contribution in [2.45, 2.75) is 0 Å². The zero-order valence-corrected chi connectivity index (χ0v) is 14.6. The van der Waals surface area contributed by atoms with Gasteiger partial charge in [0.05, 0.1) is 11.4 Å². The van der Waals surface area contributed by atoms with Crippen molar-refractivity contribution >= 4 is 38.1 Å². The van der Waals surface area contributed by atoms with Gasteiger partial charge in [-0.05, 0) is 36.4 Å². The van der Waals surface area contributed by atoms with Gasteiger partial charge in [0.15, 0.2) is 0 Å². The van der Waals surface area contributed by atoms with Gasteiger partial charge in [0.25, 0.3) is 0 Å². The normalized spacial score (nSPS) is 10.5. The first-order valence-electron chi connectivity index (χ1n) is 6.65. The molecule has 0 aliphatic carbocycles. The number of nitrogens with zero attached hydrogens (tertiary/aromatic N) is 1. The number of carbonyl (C=O) groups is 1. The average Bonchev–Trinajstić information content (AvgIpc) is 2.55. The molecule has 0 atom stereocenters. The van der Waals surface area contributed by atoms with Gasteiger partial charge in [0, 0.05) is 25.6 Å². The fourth-order valence-electron chi connectivity index (χ4n) is 2.16. The van der Waals surface area contributed by atoms with Crippen LogP contribution in [0.3, 0.4) is 0 Å². The van der Waals surface area contributed by atoms with Crippen molar-refractivity contribution in [2.75, 3.05) is 0 Å². The zero-order valence-electron chi connectivity index (χ0n) is 11.5. The molecule has 0 aliphatic rings. The lowest BCUT2D eigenvalue weighted by molar-refractivity contribution is 0.112. The van der Waals surface area contributed by atoms with Crippen LogP contribution < -0.4 is 0 Å². The Labute approximate surface area is 145 Å². The maximum Gasteiger partial charge on any atom is 0.150 e. The highest BCUT2D eigenvalue weighted by Crippen LogP contribution is 2.26. The second kappa shape index (κ2) is 6.55. The van der Waals surface area contributed by atoms with E-state index in [9.17, 15) is 4.79 Å². The van der Waals surface area contributed by atoms with Gasteiger partial charge in [-0.15, -0.1) is 0 Å². The first kappa shape index (κ1) is 15.1. The minimum absolute atomic E-state index is 0.617. The van der Waals surface area contributed by atoms with E-state index in [1.54, 1.807) is 12.1 Å². The van der Waals surface area contributed by atoms with Crippen molar-refractivity contribution in [3.63, 3.8) is 0 Å². The molecule has 0 N–H and O–H groups in total. The summed E-state index contributed by atoms with van der Waals surface area (Å²) in [6.07, 6.45) is 0.854. The van der Waals surface area contributed by atoms with Gasteiger partial charge in [-0.3, -0.25) is 4.79 Å². The van der Waals surface area contributed by atoms with Crippen LogP contribution in [0.25, 0.3) is 22.5 Å². The maximum absolute atomic E-state index is 11.2. The molecule has 3 aromatic rings. The van der Waals surface area contributed by atoms with Crippen LogP contribution in [-0.4, -0.2) is 11.3 Å². The quantitative estimate of drug-likeness (QED) is 0.508. The summed E-state index contributed by atoms with van der Waals surface area (Å²) in [5, 5.41) is 0. The third-order valence-corrected chi connectivity index (χ3v) is 4.32. The summed E-state index contributed by atoms with van der Waals surface area (Å²) in [5.41, 5.74) is 4.14. The van der Waals surface area contributed by atoms with E-state index in [1.165, 1.54) is 0 Å². The molecule has 0 saturated carbocycles. The van der Waals surface area contributed by atoms with Crippen LogP contribution in [0.2, 0.25) is 0 Å². The van der Waals surface area contributed by atoms with E-state index in [1.807, 2.05) is 48.5 Å². The Kier molecular flexibility index (Phi) is 4.50. The summed E-state index contributed by atoms with van der Waals surface area (Å²) >= 11 is 6.85. The van der Waals surface area contributed by atoms with Gasteiger partial charge in [-0.2, -0.15) is 0 Å². The lowest BCUT2D eigenvalue weighted by Crippen LogP contribution is -1.92. The lowest BCUT2D eigenvalue weighted by atomic mass is 10.1. The third kappa shape index (κ3) is 3.34. The number of hydrogen-bond donors (Lipinski definition) is 0. The van der Waals surface area contributed by atoms with Crippen molar-refractivity contribution in [3.8, 4) is 22.5 Å². The van der Waals surface area contributed by atoms with Crippen LogP contribution in [0.5, 0.6) is 0 Å². The van der Waals surface area contributed by atoms with E-state index in [2.05, 4.69) is 31.9 Å². The Morgan fingerprint density at radius 1 is 0.727 bits per heavy atom. The van der Waals surface area contributed by atoms with E-state index in [0.717, 1.165) is 37.7 Å². The topological polar surface area (TPSA) is 30.0 Å². The molecule has 0 saturated heterocycles. The van der Waals surface area contributed by atoms with Crippen LogP contribution in [0, 0.1) is 0 Å². The summed E-state index contributed by atoms with van der Waals surface area (Å²) in [6, 6.07) is 19.4. The van der Waals surface area contributed by atoms with Crippen LogP contribution in [0.4, 0.5) is 0 Å². The monoisotopic (exact) mass is 415 g/mol. The van der Waals surface area contributed by atoms with E-state index in [0.29, 0.717) is 5.56 Å². The van der Waals surface area contributed by atoms with Gasteiger partial charge in [0.2, 0.25) is 0 Å². The number of aromatic nitrogens is 1. The van der Waals surface area contributed by atoms with Gasteiger partial charge in [-0.1, -0.05) is 56.1 Å². The number of rotatable bonds is 3. The third-order valence-electron chi connectivity index (χ3n) is 3.26. The molecule has 0 fully saturated rings. The second-order valence-corrected chi connectivity index (χ2v) is 6.63. The van der Waals surface area contributed by atoms with Crippen LogP contribution >= 0.6 is 31.9 Å². The first-order chi connectivity index (χ1) is 10.7.